The van der Waals surface area contributed by atoms with E-state index in [1.165, 1.54) is 38.5 Å². The van der Waals surface area contributed by atoms with Crippen molar-refractivity contribution in [2.45, 2.75) is 51.9 Å². The number of nitrogens with one attached hydrogen (secondary N) is 2. The lowest BCUT2D eigenvalue weighted by atomic mass is 9.83. The fourth-order valence-electron chi connectivity index (χ4n) is 3.22. The van der Waals surface area contributed by atoms with Gasteiger partial charge in [-0.3, -0.25) is 4.79 Å². The van der Waals surface area contributed by atoms with Crippen LogP contribution in [0.15, 0.2) is 0 Å². The molecule has 2 aliphatic rings. The van der Waals surface area contributed by atoms with E-state index in [0.29, 0.717) is 5.92 Å². The SMILES string of the molecule is CC1CCC(CNC(=O)CC2CCCNC2)CC1. The predicted molar refractivity (Wildman–Crippen MR) is 74.3 cm³/mol. The zero-order valence-corrected chi connectivity index (χ0v) is 11.7. The molecule has 3 heteroatoms. The minimum Gasteiger partial charge on any atom is -0.356 e. The van der Waals surface area contributed by atoms with Crippen LogP contribution < -0.4 is 10.6 Å². The van der Waals surface area contributed by atoms with E-state index in [1.54, 1.807) is 0 Å². The topological polar surface area (TPSA) is 41.1 Å². The van der Waals surface area contributed by atoms with E-state index in [4.69, 9.17) is 0 Å². The first-order chi connectivity index (χ1) is 8.74. The van der Waals surface area contributed by atoms with E-state index in [-0.39, 0.29) is 5.91 Å². The molecule has 1 aliphatic heterocycles. The standard InChI is InChI=1S/C15H28N2O/c1-12-4-6-13(7-5-12)11-17-15(18)9-14-3-2-8-16-10-14/h12-14,16H,2-11H2,1H3,(H,17,18). The molecule has 2 fully saturated rings. The lowest BCUT2D eigenvalue weighted by molar-refractivity contribution is -0.122. The third-order valence-electron chi connectivity index (χ3n) is 4.60. The van der Waals surface area contributed by atoms with Gasteiger partial charge in [0.25, 0.3) is 0 Å². The molecule has 0 bridgehead atoms. The third-order valence-corrected chi connectivity index (χ3v) is 4.60. The maximum atomic E-state index is 11.9. The van der Waals surface area contributed by atoms with Crippen molar-refractivity contribution in [3.8, 4) is 0 Å². The highest BCUT2D eigenvalue weighted by Crippen LogP contribution is 2.27. The van der Waals surface area contributed by atoms with E-state index in [9.17, 15) is 4.79 Å². The molecule has 2 rings (SSSR count). The fourth-order valence-corrected chi connectivity index (χ4v) is 3.22. The molecular formula is C15H28N2O. The number of hydrogen-bond donors (Lipinski definition) is 2. The van der Waals surface area contributed by atoms with Crippen LogP contribution >= 0.6 is 0 Å². The van der Waals surface area contributed by atoms with Gasteiger partial charge in [-0.05, 0) is 56.5 Å². The second-order valence-electron chi connectivity index (χ2n) is 6.35. The second-order valence-corrected chi connectivity index (χ2v) is 6.35. The maximum Gasteiger partial charge on any atom is 0.220 e. The Morgan fingerprint density at radius 1 is 1.17 bits per heavy atom. The lowest BCUT2D eigenvalue weighted by Crippen LogP contribution is -2.36. The van der Waals surface area contributed by atoms with E-state index in [0.717, 1.165) is 37.9 Å². The molecule has 1 heterocycles. The monoisotopic (exact) mass is 252 g/mol. The summed E-state index contributed by atoms with van der Waals surface area (Å²) in [6.45, 7) is 5.39. The molecule has 2 N–H and O–H groups in total. The smallest absolute Gasteiger partial charge is 0.220 e. The van der Waals surface area contributed by atoms with Gasteiger partial charge in [0.2, 0.25) is 5.91 Å². The molecule has 0 aromatic heterocycles. The molecular weight excluding hydrogens is 224 g/mol. The van der Waals surface area contributed by atoms with Crippen molar-refractivity contribution in [2.24, 2.45) is 17.8 Å². The van der Waals surface area contributed by atoms with Gasteiger partial charge in [-0.15, -0.1) is 0 Å². The van der Waals surface area contributed by atoms with E-state index >= 15 is 0 Å². The zero-order valence-electron chi connectivity index (χ0n) is 11.7. The Bertz CT molecular complexity index is 253. The van der Waals surface area contributed by atoms with Gasteiger partial charge >= 0.3 is 0 Å². The van der Waals surface area contributed by atoms with Gasteiger partial charge in [0, 0.05) is 13.0 Å². The van der Waals surface area contributed by atoms with Gasteiger partial charge < -0.3 is 10.6 Å². The van der Waals surface area contributed by atoms with Gasteiger partial charge in [0.1, 0.15) is 0 Å². The number of hydrogen-bond acceptors (Lipinski definition) is 2. The predicted octanol–water partition coefficient (Wildman–Crippen LogP) is 2.32. The van der Waals surface area contributed by atoms with Crippen LogP contribution in [-0.4, -0.2) is 25.5 Å². The number of rotatable bonds is 4. The number of carbonyl (C=O) groups excluding carboxylic acids is 1. The summed E-state index contributed by atoms with van der Waals surface area (Å²) in [4.78, 5) is 11.9. The lowest BCUT2D eigenvalue weighted by Gasteiger charge is -2.27. The molecule has 104 valence electrons. The molecule has 0 radical (unpaired) electrons. The molecule has 0 spiro atoms. The van der Waals surface area contributed by atoms with Gasteiger partial charge in [-0.2, -0.15) is 0 Å². The average Bonchev–Trinajstić information content (AvgIpc) is 2.39. The number of amides is 1. The summed E-state index contributed by atoms with van der Waals surface area (Å²) in [5.41, 5.74) is 0. The zero-order chi connectivity index (χ0) is 12.8. The Kier molecular flexibility index (Phi) is 5.48. The summed E-state index contributed by atoms with van der Waals surface area (Å²) in [6, 6.07) is 0. The van der Waals surface area contributed by atoms with Crippen LogP contribution in [0.5, 0.6) is 0 Å². The molecule has 1 aliphatic carbocycles. The molecule has 3 nitrogen and oxygen atoms in total. The normalized spacial score (nSPS) is 33.1. The van der Waals surface area contributed by atoms with Crippen LogP contribution in [0.4, 0.5) is 0 Å². The van der Waals surface area contributed by atoms with Crippen LogP contribution in [0.3, 0.4) is 0 Å². The van der Waals surface area contributed by atoms with Gasteiger partial charge in [0.15, 0.2) is 0 Å². The van der Waals surface area contributed by atoms with Crippen LogP contribution in [0.2, 0.25) is 0 Å². The van der Waals surface area contributed by atoms with Gasteiger partial charge in [-0.1, -0.05) is 19.8 Å². The highest BCUT2D eigenvalue weighted by Gasteiger charge is 2.20. The highest BCUT2D eigenvalue weighted by atomic mass is 16.1. The van der Waals surface area contributed by atoms with Crippen molar-refractivity contribution in [3.05, 3.63) is 0 Å². The summed E-state index contributed by atoms with van der Waals surface area (Å²) in [7, 11) is 0. The molecule has 18 heavy (non-hydrogen) atoms. The summed E-state index contributed by atoms with van der Waals surface area (Å²) < 4.78 is 0. The quantitative estimate of drug-likeness (QED) is 0.806. The number of piperidine rings is 1. The van der Waals surface area contributed by atoms with E-state index in [2.05, 4.69) is 17.6 Å². The summed E-state index contributed by atoms with van der Waals surface area (Å²) in [5.74, 6) is 2.45. The van der Waals surface area contributed by atoms with E-state index in [1.807, 2.05) is 0 Å². The summed E-state index contributed by atoms with van der Waals surface area (Å²) >= 11 is 0. The molecule has 1 atom stereocenters. The first-order valence-corrected chi connectivity index (χ1v) is 7.71. The van der Waals surface area contributed by atoms with Crippen molar-refractivity contribution in [2.75, 3.05) is 19.6 Å². The Balaban J connectivity index is 1.59. The average molecular weight is 252 g/mol. The van der Waals surface area contributed by atoms with Crippen molar-refractivity contribution < 1.29 is 4.79 Å². The molecule has 0 aromatic carbocycles. The second kappa shape index (κ2) is 7.13. The van der Waals surface area contributed by atoms with E-state index < -0.39 is 0 Å². The Morgan fingerprint density at radius 2 is 1.94 bits per heavy atom. The van der Waals surface area contributed by atoms with Crippen LogP contribution in [0.25, 0.3) is 0 Å². The van der Waals surface area contributed by atoms with Crippen molar-refractivity contribution in [1.29, 1.82) is 0 Å². The third kappa shape index (κ3) is 4.60. The molecule has 0 aromatic rings. The molecule has 1 saturated carbocycles. The summed E-state index contributed by atoms with van der Waals surface area (Å²) in [5, 5.41) is 6.52. The summed E-state index contributed by atoms with van der Waals surface area (Å²) in [6.07, 6.45) is 8.43. The van der Waals surface area contributed by atoms with Crippen LogP contribution in [0.1, 0.15) is 51.9 Å². The molecule has 1 unspecified atom stereocenters. The Morgan fingerprint density at radius 3 is 2.61 bits per heavy atom. The minimum absolute atomic E-state index is 0.266. The van der Waals surface area contributed by atoms with Gasteiger partial charge in [0.05, 0.1) is 0 Å². The first-order valence-electron chi connectivity index (χ1n) is 7.71. The Hall–Kier alpha value is -0.570. The fraction of sp³-hybridized carbons (Fsp3) is 0.933. The first kappa shape index (κ1) is 13.9. The Labute approximate surface area is 111 Å². The minimum atomic E-state index is 0.266. The maximum absolute atomic E-state index is 11.9. The highest BCUT2D eigenvalue weighted by molar-refractivity contribution is 5.76. The van der Waals surface area contributed by atoms with Crippen LogP contribution in [-0.2, 0) is 4.79 Å². The van der Waals surface area contributed by atoms with Crippen LogP contribution in [0, 0.1) is 17.8 Å². The number of carbonyl (C=O) groups is 1. The molecule has 1 amide bonds. The van der Waals surface area contributed by atoms with Crippen molar-refractivity contribution in [1.82, 2.24) is 10.6 Å². The van der Waals surface area contributed by atoms with Crippen molar-refractivity contribution in [3.63, 3.8) is 0 Å². The van der Waals surface area contributed by atoms with Crippen molar-refractivity contribution >= 4 is 5.91 Å². The molecule has 1 saturated heterocycles. The van der Waals surface area contributed by atoms with Gasteiger partial charge in [-0.25, -0.2) is 0 Å². The largest absolute Gasteiger partial charge is 0.356 e.